The Morgan fingerprint density at radius 2 is 2.04 bits per heavy atom. The zero-order valence-electron chi connectivity index (χ0n) is 15.2. The van der Waals surface area contributed by atoms with E-state index in [1.165, 1.54) is 9.87 Å². The highest BCUT2D eigenvalue weighted by Crippen LogP contribution is 2.31. The molecule has 0 saturated carbocycles. The maximum atomic E-state index is 13.1. The van der Waals surface area contributed by atoms with Crippen molar-refractivity contribution in [2.75, 3.05) is 31.6 Å². The van der Waals surface area contributed by atoms with Gasteiger partial charge in [0.25, 0.3) is 0 Å². The zero-order chi connectivity index (χ0) is 18.2. The average Bonchev–Trinajstić information content (AvgIpc) is 2.95. The number of carbonyl (C=O) groups is 1. The summed E-state index contributed by atoms with van der Waals surface area (Å²) in [6.07, 6.45) is 2.39. The third-order valence-electron chi connectivity index (χ3n) is 5.01. The van der Waals surface area contributed by atoms with Gasteiger partial charge in [-0.25, -0.2) is 8.42 Å². The molecule has 0 bridgehead atoms. The van der Waals surface area contributed by atoms with Gasteiger partial charge in [0.1, 0.15) is 0 Å². The summed E-state index contributed by atoms with van der Waals surface area (Å²) in [5.74, 6) is -0.327. The maximum absolute atomic E-state index is 13.1. The van der Waals surface area contributed by atoms with E-state index in [9.17, 15) is 13.2 Å². The van der Waals surface area contributed by atoms with Gasteiger partial charge in [0.2, 0.25) is 15.9 Å². The van der Waals surface area contributed by atoms with E-state index in [2.05, 4.69) is 10.2 Å². The van der Waals surface area contributed by atoms with Crippen molar-refractivity contribution in [2.24, 2.45) is 5.92 Å². The number of nitrogens with one attached hydrogen (secondary N) is 1. The van der Waals surface area contributed by atoms with E-state index in [0.717, 1.165) is 25.1 Å². The number of fused-ring (bicyclic) bond motifs is 1. The van der Waals surface area contributed by atoms with Crippen molar-refractivity contribution in [1.29, 1.82) is 0 Å². The van der Waals surface area contributed by atoms with Gasteiger partial charge < -0.3 is 10.2 Å². The number of nitrogens with zero attached hydrogens (tertiary/aromatic N) is 2. The molecule has 0 unspecified atom stereocenters. The Labute approximate surface area is 150 Å². The predicted octanol–water partition coefficient (Wildman–Crippen LogP) is 1.60. The van der Waals surface area contributed by atoms with Crippen molar-refractivity contribution < 1.29 is 13.2 Å². The third-order valence-corrected chi connectivity index (χ3v) is 6.87. The minimum Gasteiger partial charge on any atom is -0.374 e. The summed E-state index contributed by atoms with van der Waals surface area (Å²) in [5.41, 5.74) is 2.18. The second kappa shape index (κ2) is 6.96. The highest BCUT2D eigenvalue weighted by Gasteiger charge is 2.34. The lowest BCUT2D eigenvalue weighted by Crippen LogP contribution is -2.46. The number of benzene rings is 1. The van der Waals surface area contributed by atoms with Gasteiger partial charge in [0.05, 0.1) is 10.8 Å². The zero-order valence-corrected chi connectivity index (χ0v) is 16.0. The number of anilines is 1. The topological polar surface area (TPSA) is 69.7 Å². The van der Waals surface area contributed by atoms with Crippen molar-refractivity contribution in [3.63, 3.8) is 0 Å². The van der Waals surface area contributed by atoms with Crippen molar-refractivity contribution in [3.8, 4) is 0 Å². The number of hydrogen-bond donors (Lipinski definition) is 1. The van der Waals surface area contributed by atoms with Crippen LogP contribution in [0.25, 0.3) is 0 Å². The van der Waals surface area contributed by atoms with Crippen LogP contribution < -0.4 is 10.2 Å². The number of hydrogen-bond acceptors (Lipinski definition) is 4. The number of rotatable bonds is 4. The smallest absolute Gasteiger partial charge is 0.243 e. The molecule has 0 aromatic heterocycles. The summed E-state index contributed by atoms with van der Waals surface area (Å²) >= 11 is 0. The molecule has 2 heterocycles. The highest BCUT2D eigenvalue weighted by molar-refractivity contribution is 7.89. The largest absolute Gasteiger partial charge is 0.374 e. The molecule has 1 atom stereocenters. The van der Waals surface area contributed by atoms with Crippen molar-refractivity contribution in [1.82, 2.24) is 9.62 Å². The molecule has 7 heteroatoms. The Morgan fingerprint density at radius 1 is 1.28 bits per heavy atom. The fourth-order valence-corrected chi connectivity index (χ4v) is 5.15. The number of piperidine rings is 1. The van der Waals surface area contributed by atoms with Crippen LogP contribution in [0.4, 0.5) is 5.69 Å². The minimum atomic E-state index is -3.58. The molecule has 3 rings (SSSR count). The van der Waals surface area contributed by atoms with Gasteiger partial charge in [-0.2, -0.15) is 4.31 Å². The van der Waals surface area contributed by atoms with Gasteiger partial charge in [0.15, 0.2) is 0 Å². The maximum Gasteiger partial charge on any atom is 0.243 e. The molecular formula is C18H27N3O3S. The van der Waals surface area contributed by atoms with E-state index in [-0.39, 0.29) is 24.4 Å². The molecular weight excluding hydrogens is 338 g/mol. The standard InChI is InChI=1S/C18H27N3O3S/c1-13(2)19-18(22)15-5-4-9-21(12-15)25(23,24)16-7-6-14-8-10-20(3)17(14)11-16/h6-7,11,13,15H,4-5,8-10,12H2,1-3H3,(H,19,22)/t15-/m1/s1. The molecule has 1 amide bonds. The first-order valence-corrected chi connectivity index (χ1v) is 10.4. The van der Waals surface area contributed by atoms with Gasteiger partial charge in [-0.3, -0.25) is 4.79 Å². The Kier molecular flexibility index (Phi) is 5.06. The third kappa shape index (κ3) is 3.67. The van der Waals surface area contributed by atoms with Crippen LogP contribution in [0.2, 0.25) is 0 Å². The second-order valence-electron chi connectivity index (χ2n) is 7.33. The van der Waals surface area contributed by atoms with Gasteiger partial charge in [-0.1, -0.05) is 6.07 Å². The van der Waals surface area contributed by atoms with Crippen LogP contribution in [0, 0.1) is 5.92 Å². The summed E-state index contributed by atoms with van der Waals surface area (Å²) in [6.45, 7) is 5.47. The molecule has 1 fully saturated rings. The Morgan fingerprint density at radius 3 is 2.76 bits per heavy atom. The number of sulfonamides is 1. The fraction of sp³-hybridized carbons (Fsp3) is 0.611. The van der Waals surface area contributed by atoms with Crippen molar-refractivity contribution >= 4 is 21.6 Å². The molecule has 1 saturated heterocycles. The quantitative estimate of drug-likeness (QED) is 0.880. The first-order valence-electron chi connectivity index (χ1n) is 8.93. The molecule has 25 heavy (non-hydrogen) atoms. The number of likely N-dealkylation sites (N-methyl/N-ethyl adjacent to an activating group) is 1. The average molecular weight is 365 g/mol. The Bertz CT molecular complexity index is 761. The summed E-state index contributed by atoms with van der Waals surface area (Å²) < 4.78 is 27.6. The second-order valence-corrected chi connectivity index (χ2v) is 9.27. The van der Waals surface area contributed by atoms with Crippen LogP contribution in [0.15, 0.2) is 23.1 Å². The van der Waals surface area contributed by atoms with E-state index >= 15 is 0 Å². The SMILES string of the molecule is CC(C)NC(=O)[C@@H]1CCCN(S(=O)(=O)c2ccc3c(c2)N(C)CC3)C1. The molecule has 1 N–H and O–H groups in total. The van der Waals surface area contributed by atoms with Gasteiger partial charge in [0, 0.05) is 38.4 Å². The first kappa shape index (κ1) is 18.2. The van der Waals surface area contributed by atoms with E-state index in [4.69, 9.17) is 0 Å². The van der Waals surface area contributed by atoms with Crippen LogP contribution in [0.3, 0.4) is 0 Å². The van der Waals surface area contributed by atoms with E-state index in [0.29, 0.717) is 17.9 Å². The predicted molar refractivity (Wildman–Crippen MR) is 98.2 cm³/mol. The molecule has 0 aliphatic carbocycles. The molecule has 0 spiro atoms. The van der Waals surface area contributed by atoms with E-state index in [1.54, 1.807) is 12.1 Å². The monoisotopic (exact) mass is 365 g/mol. The highest BCUT2D eigenvalue weighted by atomic mass is 32.2. The Hall–Kier alpha value is -1.60. The van der Waals surface area contributed by atoms with Gasteiger partial charge in [-0.05, 0) is 50.8 Å². The minimum absolute atomic E-state index is 0.0522. The number of amides is 1. The van der Waals surface area contributed by atoms with Crippen molar-refractivity contribution in [2.45, 2.75) is 44.0 Å². The van der Waals surface area contributed by atoms with Crippen LogP contribution in [0.1, 0.15) is 32.3 Å². The Balaban J connectivity index is 1.80. The van der Waals surface area contributed by atoms with E-state index in [1.807, 2.05) is 27.0 Å². The van der Waals surface area contributed by atoms with Crippen molar-refractivity contribution in [3.05, 3.63) is 23.8 Å². The van der Waals surface area contributed by atoms with Crippen LogP contribution in [-0.2, 0) is 21.2 Å². The molecule has 2 aliphatic heterocycles. The summed E-state index contributed by atoms with van der Waals surface area (Å²) in [4.78, 5) is 14.7. The summed E-state index contributed by atoms with van der Waals surface area (Å²) in [6, 6.07) is 5.45. The summed E-state index contributed by atoms with van der Waals surface area (Å²) in [5, 5.41) is 2.90. The molecule has 2 aliphatic rings. The molecule has 1 aromatic rings. The molecule has 138 valence electrons. The lowest BCUT2D eigenvalue weighted by Gasteiger charge is -2.31. The molecule has 1 aromatic carbocycles. The molecule has 0 radical (unpaired) electrons. The van der Waals surface area contributed by atoms with Crippen LogP contribution in [0.5, 0.6) is 0 Å². The van der Waals surface area contributed by atoms with Gasteiger partial charge >= 0.3 is 0 Å². The summed E-state index contributed by atoms with van der Waals surface area (Å²) in [7, 11) is -1.59. The first-order chi connectivity index (χ1) is 11.8. The lowest BCUT2D eigenvalue weighted by atomic mass is 9.98. The van der Waals surface area contributed by atoms with Crippen LogP contribution >= 0.6 is 0 Å². The number of carbonyl (C=O) groups excluding carboxylic acids is 1. The fourth-order valence-electron chi connectivity index (χ4n) is 3.61. The molecule has 6 nitrogen and oxygen atoms in total. The van der Waals surface area contributed by atoms with Crippen LogP contribution in [-0.4, -0.2) is 51.4 Å². The van der Waals surface area contributed by atoms with E-state index < -0.39 is 10.0 Å². The van der Waals surface area contributed by atoms with Gasteiger partial charge in [-0.15, -0.1) is 0 Å². The normalized spacial score (nSPS) is 21.4. The lowest BCUT2D eigenvalue weighted by molar-refractivity contribution is -0.126.